The minimum Gasteiger partial charge on any atom is -0.171 e. The molecule has 3 atom stereocenters. The predicted octanol–water partition coefficient (Wildman–Crippen LogP) is 7.14. The minimum atomic E-state index is -7.55. The molecule has 0 aromatic heterocycles. The SMILES string of the molecule is FC(F)(F)C1=CC(C(F)(F)F)(C(F)(F)F)C(C(F)(F)F)C(C(F)(F)F)C1C(F)(F)F. The van der Waals surface area contributed by atoms with Gasteiger partial charge < -0.3 is 0 Å². The Hall–Kier alpha value is -1.52. The van der Waals surface area contributed by atoms with Crippen LogP contribution >= 0.6 is 0 Å². The monoisotopic (exact) mass is 490 g/mol. The molecule has 0 fully saturated rings. The molecule has 0 N–H and O–H groups in total. The molecule has 1 rings (SSSR count). The summed E-state index contributed by atoms with van der Waals surface area (Å²) in [4.78, 5) is 0. The maximum atomic E-state index is 13.1. The highest BCUT2D eigenvalue weighted by atomic mass is 19.4. The van der Waals surface area contributed by atoms with Crippen LogP contribution in [0.3, 0.4) is 0 Å². The molecule has 0 aromatic rings. The molecule has 0 amide bonds. The summed E-state index contributed by atoms with van der Waals surface area (Å²) < 4.78 is 235. The molecule has 0 nitrogen and oxygen atoms in total. The Kier molecular flexibility index (Phi) is 5.95. The Balaban J connectivity index is 4.39. The van der Waals surface area contributed by atoms with Crippen molar-refractivity contribution >= 4 is 0 Å². The molecule has 1 aliphatic carbocycles. The van der Waals surface area contributed by atoms with Gasteiger partial charge in [-0.3, -0.25) is 0 Å². The molecular formula is C12H4F18. The van der Waals surface area contributed by atoms with E-state index in [9.17, 15) is 79.0 Å². The van der Waals surface area contributed by atoms with E-state index in [1.165, 1.54) is 0 Å². The fourth-order valence-electron chi connectivity index (χ4n) is 3.25. The van der Waals surface area contributed by atoms with Crippen molar-refractivity contribution in [3.05, 3.63) is 11.6 Å². The molecule has 0 spiro atoms. The van der Waals surface area contributed by atoms with Gasteiger partial charge in [0, 0.05) is 5.57 Å². The van der Waals surface area contributed by atoms with Crippen LogP contribution in [0.4, 0.5) is 79.0 Å². The summed E-state index contributed by atoms with van der Waals surface area (Å²) in [6, 6.07) is 0. The van der Waals surface area contributed by atoms with E-state index in [2.05, 4.69) is 0 Å². The van der Waals surface area contributed by atoms with Crippen molar-refractivity contribution < 1.29 is 79.0 Å². The highest BCUT2D eigenvalue weighted by molar-refractivity contribution is 5.31. The van der Waals surface area contributed by atoms with Crippen LogP contribution in [0.15, 0.2) is 11.6 Å². The average Bonchev–Trinajstić information content (AvgIpc) is 2.38. The Morgan fingerprint density at radius 3 is 1.10 bits per heavy atom. The van der Waals surface area contributed by atoms with Crippen molar-refractivity contribution in [3.63, 3.8) is 0 Å². The lowest BCUT2D eigenvalue weighted by Gasteiger charge is -2.51. The van der Waals surface area contributed by atoms with Gasteiger partial charge in [-0.1, -0.05) is 6.08 Å². The summed E-state index contributed by atoms with van der Waals surface area (Å²) in [6.45, 7) is 0. The zero-order chi connectivity index (χ0) is 24.5. The van der Waals surface area contributed by atoms with Gasteiger partial charge in [-0.25, -0.2) is 0 Å². The van der Waals surface area contributed by atoms with Gasteiger partial charge in [0.2, 0.25) is 0 Å². The molecule has 0 bridgehead atoms. The molecule has 0 aromatic carbocycles. The summed E-state index contributed by atoms with van der Waals surface area (Å²) in [5.74, 6) is -17.2. The first-order valence-corrected chi connectivity index (χ1v) is 6.84. The normalized spacial score (nSPS) is 27.1. The molecule has 0 saturated heterocycles. The Labute approximate surface area is 152 Å². The maximum Gasteiger partial charge on any atom is 0.413 e. The Bertz CT molecular complexity index is 644. The fraction of sp³-hybridized carbons (Fsp3) is 0.833. The van der Waals surface area contributed by atoms with Crippen molar-refractivity contribution in [2.45, 2.75) is 37.1 Å². The van der Waals surface area contributed by atoms with Crippen LogP contribution in [0.1, 0.15) is 0 Å². The first-order valence-electron chi connectivity index (χ1n) is 6.84. The lowest BCUT2D eigenvalue weighted by molar-refractivity contribution is -0.406. The average molecular weight is 490 g/mol. The summed E-state index contributed by atoms with van der Waals surface area (Å²) in [5, 5.41) is 0. The van der Waals surface area contributed by atoms with E-state index < -0.39 is 71.9 Å². The summed E-state index contributed by atoms with van der Waals surface area (Å²) >= 11 is 0. The summed E-state index contributed by atoms with van der Waals surface area (Å²) in [7, 11) is 0. The second-order valence-corrected chi connectivity index (χ2v) is 6.07. The number of allylic oxidation sites excluding steroid dienone is 2. The second kappa shape index (κ2) is 6.74. The van der Waals surface area contributed by atoms with E-state index in [0.29, 0.717) is 0 Å². The first-order chi connectivity index (χ1) is 12.7. The third-order valence-electron chi connectivity index (χ3n) is 4.28. The number of hydrogen-bond donors (Lipinski definition) is 0. The number of hydrogen-bond acceptors (Lipinski definition) is 0. The van der Waals surface area contributed by atoms with Crippen molar-refractivity contribution in [1.29, 1.82) is 0 Å². The zero-order valence-corrected chi connectivity index (χ0v) is 13.1. The smallest absolute Gasteiger partial charge is 0.171 e. The highest BCUT2D eigenvalue weighted by Crippen LogP contribution is 2.70. The van der Waals surface area contributed by atoms with Crippen LogP contribution in [0, 0.1) is 23.2 Å². The summed E-state index contributed by atoms with van der Waals surface area (Å²) in [6.07, 6.45) is -46.0. The van der Waals surface area contributed by atoms with Gasteiger partial charge in [0.25, 0.3) is 0 Å². The van der Waals surface area contributed by atoms with Crippen molar-refractivity contribution in [2.75, 3.05) is 0 Å². The number of rotatable bonds is 0. The Morgan fingerprint density at radius 1 is 0.533 bits per heavy atom. The lowest BCUT2D eigenvalue weighted by Crippen LogP contribution is -2.66. The van der Waals surface area contributed by atoms with Crippen LogP contribution in [0.5, 0.6) is 0 Å². The molecule has 0 aliphatic heterocycles. The van der Waals surface area contributed by atoms with Gasteiger partial charge in [0.15, 0.2) is 5.41 Å². The third-order valence-corrected chi connectivity index (χ3v) is 4.28. The van der Waals surface area contributed by atoms with Gasteiger partial charge in [0.05, 0.1) is 17.8 Å². The van der Waals surface area contributed by atoms with Crippen LogP contribution in [0.25, 0.3) is 0 Å². The topological polar surface area (TPSA) is 0 Å². The molecule has 30 heavy (non-hydrogen) atoms. The standard InChI is InChI=1S/C12H4F18/c13-7(14,15)2-1-6(11(25,26)27,12(28,29)30)5(10(22,23)24)4(9(19,20)21)3(2)8(16,17)18/h1,3-5H. The molecule has 178 valence electrons. The van der Waals surface area contributed by atoms with Crippen LogP contribution < -0.4 is 0 Å². The molecule has 18 heteroatoms. The molecule has 1 aliphatic rings. The zero-order valence-electron chi connectivity index (χ0n) is 13.1. The highest BCUT2D eigenvalue weighted by Gasteiger charge is 2.85. The van der Waals surface area contributed by atoms with Gasteiger partial charge in [-0.15, -0.1) is 0 Å². The Morgan fingerprint density at radius 2 is 0.900 bits per heavy atom. The van der Waals surface area contributed by atoms with E-state index in [1.54, 1.807) is 0 Å². The van der Waals surface area contributed by atoms with E-state index in [-0.39, 0.29) is 0 Å². The van der Waals surface area contributed by atoms with Crippen LogP contribution in [-0.2, 0) is 0 Å². The maximum absolute atomic E-state index is 13.1. The number of halogens is 18. The second-order valence-electron chi connectivity index (χ2n) is 6.07. The lowest BCUT2D eigenvalue weighted by atomic mass is 9.57. The van der Waals surface area contributed by atoms with Gasteiger partial charge >= 0.3 is 37.1 Å². The van der Waals surface area contributed by atoms with Gasteiger partial charge in [-0.05, 0) is 0 Å². The van der Waals surface area contributed by atoms with E-state index in [4.69, 9.17) is 0 Å². The molecule has 0 saturated carbocycles. The van der Waals surface area contributed by atoms with Crippen LogP contribution in [-0.4, -0.2) is 37.1 Å². The van der Waals surface area contributed by atoms with E-state index in [0.717, 1.165) is 0 Å². The summed E-state index contributed by atoms with van der Waals surface area (Å²) in [5.41, 5.74) is -11.1. The molecule has 0 radical (unpaired) electrons. The third kappa shape index (κ3) is 4.27. The van der Waals surface area contributed by atoms with Crippen molar-refractivity contribution in [1.82, 2.24) is 0 Å². The van der Waals surface area contributed by atoms with E-state index >= 15 is 0 Å². The largest absolute Gasteiger partial charge is 0.413 e. The van der Waals surface area contributed by atoms with Gasteiger partial charge in [-0.2, -0.15) is 79.0 Å². The number of alkyl halides is 18. The minimum absolute atomic E-state index is 2.48. The molecule has 3 unspecified atom stereocenters. The first kappa shape index (κ1) is 26.5. The van der Waals surface area contributed by atoms with E-state index in [1.807, 2.05) is 0 Å². The molecular weight excluding hydrogens is 486 g/mol. The predicted molar refractivity (Wildman–Crippen MR) is 57.3 cm³/mol. The van der Waals surface area contributed by atoms with Crippen molar-refractivity contribution in [3.8, 4) is 0 Å². The van der Waals surface area contributed by atoms with Gasteiger partial charge in [0.1, 0.15) is 0 Å². The van der Waals surface area contributed by atoms with Crippen molar-refractivity contribution in [2.24, 2.45) is 23.2 Å². The quantitative estimate of drug-likeness (QED) is 0.250. The van der Waals surface area contributed by atoms with Crippen LogP contribution in [0.2, 0.25) is 0 Å². The molecule has 0 heterocycles. The fourth-order valence-corrected chi connectivity index (χ4v) is 3.25.